The molecule has 0 aliphatic heterocycles. The summed E-state index contributed by atoms with van der Waals surface area (Å²) >= 11 is 1.87. The molecule has 0 aromatic heterocycles. The Labute approximate surface area is 159 Å². The standard InChI is InChI=1S/C18H27FN2O3S2/c1-26(23,24)21(13-15-7-5-6-10-17(15)19)14-18(22)20-11-12-25-16-8-3-2-4-9-16/h5-7,10,16H,2-4,8-9,11-14H2,1H3,(H,20,22). The van der Waals surface area contributed by atoms with Gasteiger partial charge in [-0.05, 0) is 18.9 Å². The van der Waals surface area contributed by atoms with Crippen molar-refractivity contribution in [2.75, 3.05) is 25.1 Å². The summed E-state index contributed by atoms with van der Waals surface area (Å²) in [6, 6.07) is 5.98. The Morgan fingerprint density at radius 2 is 1.96 bits per heavy atom. The number of carbonyl (C=O) groups is 1. The molecule has 0 heterocycles. The molecule has 1 saturated carbocycles. The van der Waals surface area contributed by atoms with Crippen molar-refractivity contribution in [3.63, 3.8) is 0 Å². The molecule has 1 fully saturated rings. The van der Waals surface area contributed by atoms with Crippen LogP contribution in [-0.4, -0.2) is 49.0 Å². The van der Waals surface area contributed by atoms with Crippen molar-refractivity contribution in [3.05, 3.63) is 35.6 Å². The monoisotopic (exact) mass is 402 g/mol. The lowest BCUT2D eigenvalue weighted by atomic mass is 10.0. The molecule has 0 saturated heterocycles. The van der Waals surface area contributed by atoms with Crippen LogP contribution in [0.15, 0.2) is 24.3 Å². The molecule has 26 heavy (non-hydrogen) atoms. The van der Waals surface area contributed by atoms with Crippen LogP contribution < -0.4 is 5.32 Å². The quantitative estimate of drug-likeness (QED) is 0.645. The van der Waals surface area contributed by atoms with Gasteiger partial charge in [0.05, 0.1) is 12.8 Å². The third-order valence-corrected chi connectivity index (χ3v) is 7.00. The van der Waals surface area contributed by atoms with Crippen LogP contribution in [0.2, 0.25) is 0 Å². The summed E-state index contributed by atoms with van der Waals surface area (Å²) in [4.78, 5) is 12.1. The Hall–Kier alpha value is -1.12. The van der Waals surface area contributed by atoms with E-state index in [0.29, 0.717) is 11.8 Å². The average molecular weight is 403 g/mol. The number of hydrogen-bond donors (Lipinski definition) is 1. The number of rotatable bonds is 9. The van der Waals surface area contributed by atoms with E-state index in [1.807, 2.05) is 11.8 Å². The third-order valence-electron chi connectivity index (χ3n) is 4.42. The van der Waals surface area contributed by atoms with Gasteiger partial charge in [-0.1, -0.05) is 37.5 Å². The van der Waals surface area contributed by atoms with Crippen LogP contribution in [0.25, 0.3) is 0 Å². The van der Waals surface area contributed by atoms with E-state index in [4.69, 9.17) is 0 Å². The zero-order valence-electron chi connectivity index (χ0n) is 15.1. The zero-order chi connectivity index (χ0) is 19.0. The number of sulfonamides is 1. The molecular weight excluding hydrogens is 375 g/mol. The van der Waals surface area contributed by atoms with Crippen molar-refractivity contribution in [2.45, 2.75) is 43.9 Å². The fraction of sp³-hybridized carbons (Fsp3) is 0.611. The fourth-order valence-electron chi connectivity index (χ4n) is 2.97. The lowest BCUT2D eigenvalue weighted by molar-refractivity contribution is -0.121. The summed E-state index contributed by atoms with van der Waals surface area (Å²) in [6.45, 7) is 0.0499. The first-order valence-electron chi connectivity index (χ1n) is 8.93. The van der Waals surface area contributed by atoms with Crippen molar-refractivity contribution in [2.24, 2.45) is 0 Å². The fourth-order valence-corrected chi connectivity index (χ4v) is 4.92. The highest BCUT2D eigenvalue weighted by molar-refractivity contribution is 7.99. The summed E-state index contributed by atoms with van der Waals surface area (Å²) in [5, 5.41) is 3.44. The minimum atomic E-state index is -3.62. The average Bonchev–Trinajstić information content (AvgIpc) is 2.60. The van der Waals surface area contributed by atoms with Crippen LogP contribution in [0.5, 0.6) is 0 Å². The topological polar surface area (TPSA) is 66.5 Å². The summed E-state index contributed by atoms with van der Waals surface area (Å²) in [5.74, 6) is -0.0239. The van der Waals surface area contributed by atoms with E-state index in [1.54, 1.807) is 12.1 Å². The lowest BCUT2D eigenvalue weighted by Gasteiger charge is -2.21. The highest BCUT2D eigenvalue weighted by Gasteiger charge is 2.21. The van der Waals surface area contributed by atoms with Crippen LogP contribution in [0.1, 0.15) is 37.7 Å². The van der Waals surface area contributed by atoms with Gasteiger partial charge in [0.15, 0.2) is 0 Å². The van der Waals surface area contributed by atoms with Gasteiger partial charge < -0.3 is 5.32 Å². The Morgan fingerprint density at radius 3 is 2.62 bits per heavy atom. The number of thioether (sulfide) groups is 1. The second kappa shape index (κ2) is 10.3. The first-order chi connectivity index (χ1) is 12.4. The minimum absolute atomic E-state index is 0.157. The van der Waals surface area contributed by atoms with E-state index in [0.717, 1.165) is 16.3 Å². The summed E-state index contributed by atoms with van der Waals surface area (Å²) in [5.41, 5.74) is 0.249. The maximum absolute atomic E-state index is 13.8. The van der Waals surface area contributed by atoms with Crippen molar-refractivity contribution < 1.29 is 17.6 Å². The minimum Gasteiger partial charge on any atom is -0.354 e. The van der Waals surface area contributed by atoms with Gasteiger partial charge in [-0.25, -0.2) is 12.8 Å². The SMILES string of the molecule is CS(=O)(=O)N(CC(=O)NCCSC1CCCCC1)Cc1ccccc1F. The Bertz CT molecular complexity index is 691. The van der Waals surface area contributed by atoms with Gasteiger partial charge in [-0.2, -0.15) is 16.1 Å². The Balaban J connectivity index is 1.80. The maximum atomic E-state index is 13.8. The van der Waals surface area contributed by atoms with Crippen molar-refractivity contribution in [1.82, 2.24) is 9.62 Å². The van der Waals surface area contributed by atoms with Crippen molar-refractivity contribution in [1.29, 1.82) is 0 Å². The molecule has 0 radical (unpaired) electrons. The van der Waals surface area contributed by atoms with E-state index >= 15 is 0 Å². The molecule has 8 heteroatoms. The van der Waals surface area contributed by atoms with Gasteiger partial charge in [-0.15, -0.1) is 0 Å². The van der Waals surface area contributed by atoms with E-state index in [-0.39, 0.29) is 24.6 Å². The Morgan fingerprint density at radius 1 is 1.27 bits per heavy atom. The number of nitrogens with one attached hydrogen (secondary N) is 1. The molecular formula is C18H27FN2O3S2. The molecule has 1 aliphatic rings. The molecule has 146 valence electrons. The predicted octanol–water partition coefficient (Wildman–Crippen LogP) is 2.77. The second-order valence-electron chi connectivity index (χ2n) is 6.60. The number of carbonyl (C=O) groups excluding carboxylic acids is 1. The van der Waals surface area contributed by atoms with E-state index in [2.05, 4.69) is 5.32 Å². The largest absolute Gasteiger partial charge is 0.354 e. The van der Waals surface area contributed by atoms with Crippen molar-refractivity contribution >= 4 is 27.7 Å². The molecule has 2 rings (SSSR count). The zero-order valence-corrected chi connectivity index (χ0v) is 16.8. The molecule has 0 unspecified atom stereocenters. The van der Waals surface area contributed by atoms with Crippen molar-refractivity contribution in [3.8, 4) is 0 Å². The van der Waals surface area contributed by atoms with Gasteiger partial charge in [0.1, 0.15) is 5.82 Å². The molecule has 1 amide bonds. The molecule has 1 N–H and O–H groups in total. The molecule has 1 aromatic rings. The van der Waals surface area contributed by atoms with Gasteiger partial charge in [0, 0.05) is 29.7 Å². The van der Waals surface area contributed by atoms with Crippen LogP contribution in [0.4, 0.5) is 4.39 Å². The highest BCUT2D eigenvalue weighted by atomic mass is 32.2. The summed E-state index contributed by atoms with van der Waals surface area (Å²) < 4.78 is 38.6. The second-order valence-corrected chi connectivity index (χ2v) is 9.99. The number of benzene rings is 1. The number of amides is 1. The smallest absolute Gasteiger partial charge is 0.235 e. The maximum Gasteiger partial charge on any atom is 0.235 e. The number of hydrogen-bond acceptors (Lipinski definition) is 4. The molecule has 1 aromatic carbocycles. The molecule has 5 nitrogen and oxygen atoms in total. The van der Waals surface area contributed by atoms with Gasteiger partial charge in [-0.3, -0.25) is 4.79 Å². The van der Waals surface area contributed by atoms with Gasteiger partial charge >= 0.3 is 0 Å². The summed E-state index contributed by atoms with van der Waals surface area (Å²) in [6.07, 6.45) is 7.39. The molecule has 0 bridgehead atoms. The lowest BCUT2D eigenvalue weighted by Crippen LogP contribution is -2.40. The first-order valence-corrected chi connectivity index (χ1v) is 11.8. The first kappa shape index (κ1) is 21.2. The van der Waals surface area contributed by atoms with Gasteiger partial charge in [0.25, 0.3) is 0 Å². The molecule has 1 aliphatic carbocycles. The van der Waals surface area contributed by atoms with Crippen LogP contribution in [-0.2, 0) is 21.4 Å². The van der Waals surface area contributed by atoms with Gasteiger partial charge in [0.2, 0.25) is 15.9 Å². The van der Waals surface area contributed by atoms with E-state index in [9.17, 15) is 17.6 Å². The van der Waals surface area contributed by atoms with Crippen LogP contribution >= 0.6 is 11.8 Å². The number of halogens is 1. The van der Waals surface area contributed by atoms with Crippen LogP contribution in [0, 0.1) is 5.82 Å². The third kappa shape index (κ3) is 7.25. The highest BCUT2D eigenvalue weighted by Crippen LogP contribution is 2.27. The predicted molar refractivity (Wildman–Crippen MR) is 104 cm³/mol. The molecule has 0 spiro atoms. The van der Waals surface area contributed by atoms with E-state index in [1.165, 1.54) is 44.2 Å². The number of nitrogens with zero attached hydrogens (tertiary/aromatic N) is 1. The normalized spacial score (nSPS) is 16.0. The molecule has 0 atom stereocenters. The van der Waals surface area contributed by atoms with Crippen LogP contribution in [0.3, 0.4) is 0 Å². The van der Waals surface area contributed by atoms with E-state index < -0.39 is 15.8 Å². The summed E-state index contributed by atoms with van der Waals surface area (Å²) in [7, 11) is -3.62. The Kier molecular flexibility index (Phi) is 8.37.